The highest BCUT2D eigenvalue weighted by Crippen LogP contribution is 2.22. The van der Waals surface area contributed by atoms with Crippen molar-refractivity contribution in [3.8, 4) is 0 Å². The maximum Gasteiger partial charge on any atom is 0.142 e. The van der Waals surface area contributed by atoms with Crippen molar-refractivity contribution in [1.29, 1.82) is 0 Å². The van der Waals surface area contributed by atoms with Gasteiger partial charge in [-0.1, -0.05) is 13.8 Å². The van der Waals surface area contributed by atoms with Crippen molar-refractivity contribution in [2.24, 2.45) is 0 Å². The first-order chi connectivity index (χ1) is 5.52. The van der Waals surface area contributed by atoms with Crippen molar-refractivity contribution >= 4 is 24.3 Å². The zero-order valence-corrected chi connectivity index (χ0v) is 7.97. The molecule has 0 spiro atoms. The minimum atomic E-state index is 0.225. The smallest absolute Gasteiger partial charge is 0.142 e. The second kappa shape index (κ2) is 3.18. The van der Waals surface area contributed by atoms with Crippen LogP contribution in [-0.2, 0) is 0 Å². The first-order valence-corrected chi connectivity index (χ1v) is 4.09. The Morgan fingerprint density at radius 1 is 1.17 bits per heavy atom. The lowest BCUT2D eigenvalue weighted by Crippen LogP contribution is -2.06. The fraction of sp³-hybridized carbons (Fsp3) is 0.429. The van der Waals surface area contributed by atoms with E-state index >= 15 is 0 Å². The SMILES string of the molecule is CC(C)c1nc(N)c(S)c(N)n1. The normalized spacial score (nSPS) is 10.7. The number of nitrogen functional groups attached to an aromatic ring is 2. The van der Waals surface area contributed by atoms with E-state index in [9.17, 15) is 0 Å². The number of rotatable bonds is 1. The lowest BCUT2D eigenvalue weighted by Gasteiger charge is -2.07. The highest BCUT2D eigenvalue weighted by Gasteiger charge is 2.08. The number of thiol groups is 1. The second-order valence-corrected chi connectivity index (χ2v) is 3.30. The summed E-state index contributed by atoms with van der Waals surface area (Å²) in [6.45, 7) is 3.96. The third kappa shape index (κ3) is 1.61. The summed E-state index contributed by atoms with van der Waals surface area (Å²) in [5, 5.41) is 0. The summed E-state index contributed by atoms with van der Waals surface area (Å²) in [6.07, 6.45) is 0. The zero-order chi connectivity index (χ0) is 9.30. The van der Waals surface area contributed by atoms with Gasteiger partial charge in [-0.15, -0.1) is 12.6 Å². The molecule has 1 aromatic rings. The fourth-order valence-corrected chi connectivity index (χ4v) is 0.867. The van der Waals surface area contributed by atoms with Crippen LogP contribution in [0.15, 0.2) is 4.90 Å². The number of anilines is 2. The number of aromatic nitrogens is 2. The molecule has 5 heteroatoms. The molecule has 4 N–H and O–H groups in total. The number of nitrogens with zero attached hydrogens (tertiary/aromatic N) is 2. The van der Waals surface area contributed by atoms with Crippen molar-refractivity contribution in [2.75, 3.05) is 11.5 Å². The molecule has 1 rings (SSSR count). The number of nitrogens with two attached hydrogens (primary N) is 2. The molecule has 12 heavy (non-hydrogen) atoms. The molecule has 0 saturated carbocycles. The molecule has 0 amide bonds. The van der Waals surface area contributed by atoms with Gasteiger partial charge in [0.2, 0.25) is 0 Å². The van der Waals surface area contributed by atoms with Crippen LogP contribution in [0.3, 0.4) is 0 Å². The summed E-state index contributed by atoms with van der Waals surface area (Å²) < 4.78 is 0. The van der Waals surface area contributed by atoms with E-state index in [4.69, 9.17) is 11.5 Å². The van der Waals surface area contributed by atoms with Crippen LogP contribution in [0.2, 0.25) is 0 Å². The van der Waals surface area contributed by atoms with Crippen molar-refractivity contribution in [2.45, 2.75) is 24.7 Å². The highest BCUT2D eigenvalue weighted by atomic mass is 32.1. The number of hydrogen-bond acceptors (Lipinski definition) is 5. The average Bonchev–Trinajstić information content (AvgIpc) is 1.99. The van der Waals surface area contributed by atoms with Gasteiger partial charge in [0, 0.05) is 5.92 Å². The summed E-state index contributed by atoms with van der Waals surface area (Å²) in [4.78, 5) is 8.54. The van der Waals surface area contributed by atoms with Gasteiger partial charge in [0.15, 0.2) is 0 Å². The lowest BCUT2D eigenvalue weighted by atomic mass is 10.2. The van der Waals surface area contributed by atoms with E-state index in [0.29, 0.717) is 22.4 Å². The molecule has 0 atom stereocenters. The largest absolute Gasteiger partial charge is 0.383 e. The van der Waals surface area contributed by atoms with Gasteiger partial charge in [-0.2, -0.15) is 0 Å². The van der Waals surface area contributed by atoms with Crippen LogP contribution >= 0.6 is 12.6 Å². The van der Waals surface area contributed by atoms with Crippen molar-refractivity contribution in [3.63, 3.8) is 0 Å². The van der Waals surface area contributed by atoms with Gasteiger partial charge < -0.3 is 11.5 Å². The van der Waals surface area contributed by atoms with Crippen LogP contribution in [-0.4, -0.2) is 9.97 Å². The predicted octanol–water partition coefficient (Wildman–Crippen LogP) is 1.05. The average molecular weight is 184 g/mol. The summed E-state index contributed by atoms with van der Waals surface area (Å²) in [6, 6.07) is 0. The maximum absolute atomic E-state index is 5.55. The molecule has 66 valence electrons. The Morgan fingerprint density at radius 3 is 1.92 bits per heavy atom. The second-order valence-electron chi connectivity index (χ2n) is 2.86. The molecule has 0 radical (unpaired) electrons. The van der Waals surface area contributed by atoms with E-state index in [-0.39, 0.29) is 5.92 Å². The predicted molar refractivity (Wildman–Crippen MR) is 52.2 cm³/mol. The zero-order valence-electron chi connectivity index (χ0n) is 7.07. The van der Waals surface area contributed by atoms with Crippen LogP contribution < -0.4 is 11.5 Å². The van der Waals surface area contributed by atoms with Gasteiger partial charge in [-0.05, 0) is 0 Å². The van der Waals surface area contributed by atoms with Gasteiger partial charge >= 0.3 is 0 Å². The molecular weight excluding hydrogens is 172 g/mol. The molecule has 0 aromatic carbocycles. The Morgan fingerprint density at radius 2 is 1.58 bits per heavy atom. The van der Waals surface area contributed by atoms with Gasteiger partial charge in [0.05, 0.1) is 4.90 Å². The van der Waals surface area contributed by atoms with Crippen molar-refractivity contribution in [1.82, 2.24) is 9.97 Å². The Hall–Kier alpha value is -0.970. The van der Waals surface area contributed by atoms with E-state index in [2.05, 4.69) is 22.6 Å². The van der Waals surface area contributed by atoms with E-state index in [1.807, 2.05) is 13.8 Å². The Bertz CT molecular complexity index is 274. The van der Waals surface area contributed by atoms with Crippen molar-refractivity contribution < 1.29 is 0 Å². The van der Waals surface area contributed by atoms with Gasteiger partial charge in [0.1, 0.15) is 17.5 Å². The summed E-state index contributed by atoms with van der Waals surface area (Å²) in [5.74, 6) is 1.57. The number of hydrogen-bond donors (Lipinski definition) is 3. The van der Waals surface area contributed by atoms with E-state index < -0.39 is 0 Å². The third-order valence-corrected chi connectivity index (χ3v) is 1.93. The maximum atomic E-state index is 5.55. The first-order valence-electron chi connectivity index (χ1n) is 3.64. The van der Waals surface area contributed by atoms with Crippen LogP contribution in [0.1, 0.15) is 25.6 Å². The van der Waals surface area contributed by atoms with E-state index in [1.165, 1.54) is 0 Å². The topological polar surface area (TPSA) is 77.8 Å². The molecule has 1 aromatic heterocycles. The molecule has 0 bridgehead atoms. The van der Waals surface area contributed by atoms with Crippen molar-refractivity contribution in [3.05, 3.63) is 5.82 Å². The fourth-order valence-electron chi connectivity index (χ4n) is 0.767. The molecule has 0 fully saturated rings. The molecule has 0 aliphatic heterocycles. The van der Waals surface area contributed by atoms with Crippen LogP contribution in [0.25, 0.3) is 0 Å². The minimum absolute atomic E-state index is 0.225. The lowest BCUT2D eigenvalue weighted by molar-refractivity contribution is 0.773. The van der Waals surface area contributed by atoms with Crippen LogP contribution in [0.4, 0.5) is 11.6 Å². The Labute approximate surface area is 76.8 Å². The Kier molecular flexibility index (Phi) is 2.42. The molecular formula is C7H12N4S. The molecule has 0 unspecified atom stereocenters. The summed E-state index contributed by atoms with van der Waals surface area (Å²) in [7, 11) is 0. The molecule has 0 saturated heterocycles. The summed E-state index contributed by atoms with van der Waals surface area (Å²) >= 11 is 4.05. The van der Waals surface area contributed by atoms with Gasteiger partial charge in [-0.3, -0.25) is 0 Å². The molecule has 4 nitrogen and oxygen atoms in total. The molecule has 0 aliphatic rings. The molecule has 1 heterocycles. The Balaban J connectivity index is 3.21. The standard InChI is InChI=1S/C7H12N4S/c1-3(2)7-10-5(8)4(12)6(9)11-7/h3,12H,1-2H3,(H4,8,9,10,11). The quantitative estimate of drug-likeness (QED) is 0.570. The van der Waals surface area contributed by atoms with E-state index in [1.54, 1.807) is 0 Å². The minimum Gasteiger partial charge on any atom is -0.383 e. The van der Waals surface area contributed by atoms with Crippen LogP contribution in [0, 0.1) is 0 Å². The van der Waals surface area contributed by atoms with Crippen LogP contribution in [0.5, 0.6) is 0 Å². The van der Waals surface area contributed by atoms with Gasteiger partial charge in [0.25, 0.3) is 0 Å². The van der Waals surface area contributed by atoms with Gasteiger partial charge in [-0.25, -0.2) is 9.97 Å². The monoisotopic (exact) mass is 184 g/mol. The highest BCUT2D eigenvalue weighted by molar-refractivity contribution is 7.80. The third-order valence-electron chi connectivity index (χ3n) is 1.47. The van der Waals surface area contributed by atoms with E-state index in [0.717, 1.165) is 0 Å². The first kappa shape index (κ1) is 9.12. The summed E-state index contributed by atoms with van der Waals surface area (Å²) in [5.41, 5.74) is 11.1. The molecule has 0 aliphatic carbocycles.